The predicted octanol–water partition coefficient (Wildman–Crippen LogP) is 1.72. The molecule has 0 bridgehead atoms. The van der Waals surface area contributed by atoms with Gasteiger partial charge in [0, 0.05) is 13.1 Å². The lowest BCUT2D eigenvalue weighted by Gasteiger charge is -2.30. The fourth-order valence-corrected chi connectivity index (χ4v) is 3.45. The molecule has 8 heteroatoms. The molecule has 122 valence electrons. The molecule has 2 heterocycles. The first-order valence-corrected chi connectivity index (χ1v) is 8.60. The van der Waals surface area contributed by atoms with E-state index in [0.717, 1.165) is 25.2 Å². The van der Waals surface area contributed by atoms with Crippen molar-refractivity contribution in [2.24, 2.45) is 5.92 Å². The molecule has 1 aromatic carbocycles. The van der Waals surface area contributed by atoms with Crippen LogP contribution in [0.25, 0.3) is 5.69 Å². The molecule has 23 heavy (non-hydrogen) atoms. The van der Waals surface area contributed by atoms with Crippen LogP contribution < -0.4 is 0 Å². The van der Waals surface area contributed by atoms with E-state index in [1.165, 1.54) is 18.2 Å². The first-order valence-electron chi connectivity index (χ1n) is 7.62. The van der Waals surface area contributed by atoms with E-state index < -0.39 is 0 Å². The third-order valence-corrected chi connectivity index (χ3v) is 4.77. The average molecular weight is 333 g/mol. The number of thioether (sulfide) groups is 1. The Bertz CT molecular complexity index is 673. The van der Waals surface area contributed by atoms with E-state index in [-0.39, 0.29) is 11.7 Å². The molecule has 1 saturated heterocycles. The normalized spacial score (nSPS) is 18.1. The largest absolute Gasteiger partial charge is 0.508 e. The second-order valence-corrected chi connectivity index (χ2v) is 6.71. The molecule has 1 aromatic heterocycles. The Morgan fingerprint density at radius 1 is 1.39 bits per heavy atom. The molecular weight excluding hydrogens is 314 g/mol. The standard InChI is InChI=1S/C15H19N5O2S/c1-11-3-2-8-19(9-11)14(22)10-23-15-16-17-18-20(15)12-4-6-13(21)7-5-12/h4-7,11,21H,2-3,8-10H2,1H3. The Morgan fingerprint density at radius 2 is 2.17 bits per heavy atom. The first kappa shape index (κ1) is 15.8. The number of benzene rings is 1. The van der Waals surface area contributed by atoms with Crippen LogP contribution in [0.15, 0.2) is 29.4 Å². The number of aromatic nitrogens is 4. The van der Waals surface area contributed by atoms with Crippen LogP contribution in [-0.4, -0.2) is 55.0 Å². The Hall–Kier alpha value is -2.09. The first-order chi connectivity index (χ1) is 11.1. The van der Waals surface area contributed by atoms with E-state index in [1.54, 1.807) is 28.9 Å². The van der Waals surface area contributed by atoms with Crippen molar-refractivity contribution >= 4 is 17.7 Å². The van der Waals surface area contributed by atoms with E-state index in [9.17, 15) is 9.90 Å². The molecular formula is C15H19N5O2S. The van der Waals surface area contributed by atoms with Gasteiger partial charge < -0.3 is 10.0 Å². The Balaban J connectivity index is 1.64. The minimum atomic E-state index is 0.127. The number of nitrogens with zero attached hydrogens (tertiary/aromatic N) is 5. The van der Waals surface area contributed by atoms with Crippen molar-refractivity contribution in [2.45, 2.75) is 24.9 Å². The van der Waals surface area contributed by atoms with E-state index in [4.69, 9.17) is 0 Å². The van der Waals surface area contributed by atoms with Crippen LogP contribution in [0.5, 0.6) is 5.75 Å². The highest BCUT2D eigenvalue weighted by atomic mass is 32.2. The van der Waals surface area contributed by atoms with Crippen molar-refractivity contribution in [3.63, 3.8) is 0 Å². The second kappa shape index (κ2) is 6.99. The van der Waals surface area contributed by atoms with Crippen LogP contribution in [0.4, 0.5) is 0 Å². The topological polar surface area (TPSA) is 84.1 Å². The van der Waals surface area contributed by atoms with E-state index in [1.807, 2.05) is 4.90 Å². The van der Waals surface area contributed by atoms with Gasteiger partial charge in [0.15, 0.2) is 0 Å². The molecule has 0 aliphatic carbocycles. The maximum atomic E-state index is 12.3. The molecule has 0 spiro atoms. The number of piperidine rings is 1. The summed E-state index contributed by atoms with van der Waals surface area (Å²) in [7, 11) is 0. The highest BCUT2D eigenvalue weighted by Gasteiger charge is 2.21. The number of aromatic hydroxyl groups is 1. The number of tetrazole rings is 1. The van der Waals surface area contributed by atoms with Gasteiger partial charge in [0.1, 0.15) is 5.75 Å². The zero-order chi connectivity index (χ0) is 16.2. The highest BCUT2D eigenvalue weighted by molar-refractivity contribution is 7.99. The molecule has 0 radical (unpaired) electrons. The van der Waals surface area contributed by atoms with Crippen LogP contribution >= 0.6 is 11.8 Å². The smallest absolute Gasteiger partial charge is 0.233 e. The van der Waals surface area contributed by atoms with Crippen LogP contribution in [0, 0.1) is 5.92 Å². The maximum absolute atomic E-state index is 12.3. The molecule has 1 amide bonds. The fraction of sp³-hybridized carbons (Fsp3) is 0.467. The van der Waals surface area contributed by atoms with Gasteiger partial charge in [-0.3, -0.25) is 4.79 Å². The molecule has 1 N–H and O–H groups in total. The molecule has 3 rings (SSSR count). The number of hydrogen-bond acceptors (Lipinski definition) is 6. The van der Waals surface area contributed by atoms with Gasteiger partial charge in [0.05, 0.1) is 11.4 Å². The van der Waals surface area contributed by atoms with E-state index >= 15 is 0 Å². The Labute approximate surface area is 138 Å². The molecule has 1 aliphatic rings. The zero-order valence-electron chi connectivity index (χ0n) is 12.9. The minimum Gasteiger partial charge on any atom is -0.508 e. The molecule has 7 nitrogen and oxygen atoms in total. The van der Waals surface area contributed by atoms with Gasteiger partial charge in [-0.25, -0.2) is 0 Å². The van der Waals surface area contributed by atoms with Crippen molar-refractivity contribution < 1.29 is 9.90 Å². The molecule has 1 fully saturated rings. The number of likely N-dealkylation sites (tertiary alicyclic amines) is 1. The summed E-state index contributed by atoms with van der Waals surface area (Å²) >= 11 is 1.33. The summed E-state index contributed by atoms with van der Waals surface area (Å²) in [6, 6.07) is 6.60. The summed E-state index contributed by atoms with van der Waals surface area (Å²) in [5.41, 5.74) is 0.745. The van der Waals surface area contributed by atoms with Crippen LogP contribution in [0.1, 0.15) is 19.8 Å². The summed E-state index contributed by atoms with van der Waals surface area (Å²) in [5.74, 6) is 1.21. The number of rotatable bonds is 4. The molecule has 1 aliphatic heterocycles. The highest BCUT2D eigenvalue weighted by Crippen LogP contribution is 2.22. The molecule has 2 aromatic rings. The van der Waals surface area contributed by atoms with Crippen LogP contribution in [-0.2, 0) is 4.79 Å². The van der Waals surface area contributed by atoms with Crippen molar-refractivity contribution in [3.8, 4) is 11.4 Å². The lowest BCUT2D eigenvalue weighted by molar-refractivity contribution is -0.130. The average Bonchev–Trinajstić information content (AvgIpc) is 3.02. The summed E-state index contributed by atoms with van der Waals surface area (Å²) in [4.78, 5) is 14.3. The predicted molar refractivity (Wildman–Crippen MR) is 86.5 cm³/mol. The summed E-state index contributed by atoms with van der Waals surface area (Å²) in [6.07, 6.45) is 2.26. The van der Waals surface area contributed by atoms with Gasteiger partial charge in [-0.15, -0.1) is 5.10 Å². The molecule has 1 atom stereocenters. The summed E-state index contributed by atoms with van der Waals surface area (Å²) < 4.78 is 1.57. The third kappa shape index (κ3) is 3.82. The van der Waals surface area contributed by atoms with Gasteiger partial charge in [0.2, 0.25) is 11.1 Å². The van der Waals surface area contributed by atoms with Gasteiger partial charge in [-0.2, -0.15) is 4.68 Å². The van der Waals surface area contributed by atoms with Gasteiger partial charge >= 0.3 is 0 Å². The van der Waals surface area contributed by atoms with E-state index in [2.05, 4.69) is 22.4 Å². The number of hydrogen-bond donors (Lipinski definition) is 1. The maximum Gasteiger partial charge on any atom is 0.233 e. The number of phenols is 1. The lowest BCUT2D eigenvalue weighted by Crippen LogP contribution is -2.40. The zero-order valence-corrected chi connectivity index (χ0v) is 13.7. The SMILES string of the molecule is CC1CCCN(C(=O)CSc2nnnn2-c2ccc(O)cc2)C1. The third-order valence-electron chi connectivity index (χ3n) is 3.87. The number of phenolic OH excluding ortho intramolecular Hbond substituents is 1. The number of carbonyl (C=O) groups excluding carboxylic acids is 1. The lowest BCUT2D eigenvalue weighted by atomic mass is 10.0. The minimum absolute atomic E-state index is 0.127. The monoisotopic (exact) mass is 333 g/mol. The summed E-state index contributed by atoms with van der Waals surface area (Å²) in [5, 5.41) is 21.5. The quantitative estimate of drug-likeness (QED) is 0.858. The van der Waals surface area contributed by atoms with Gasteiger partial charge in [0.25, 0.3) is 0 Å². The number of carbonyl (C=O) groups is 1. The summed E-state index contributed by atoms with van der Waals surface area (Å²) in [6.45, 7) is 3.85. The Kier molecular flexibility index (Phi) is 4.80. The van der Waals surface area contributed by atoms with Crippen molar-refractivity contribution in [1.29, 1.82) is 0 Å². The van der Waals surface area contributed by atoms with Crippen LogP contribution in [0.2, 0.25) is 0 Å². The van der Waals surface area contributed by atoms with Crippen molar-refractivity contribution in [2.75, 3.05) is 18.8 Å². The van der Waals surface area contributed by atoms with Gasteiger partial charge in [-0.05, 0) is 53.5 Å². The van der Waals surface area contributed by atoms with Crippen molar-refractivity contribution in [1.82, 2.24) is 25.1 Å². The number of amides is 1. The van der Waals surface area contributed by atoms with E-state index in [0.29, 0.717) is 16.8 Å². The molecule has 1 unspecified atom stereocenters. The van der Waals surface area contributed by atoms with Crippen LogP contribution in [0.3, 0.4) is 0 Å². The van der Waals surface area contributed by atoms with Crippen molar-refractivity contribution in [3.05, 3.63) is 24.3 Å². The fourth-order valence-electron chi connectivity index (χ4n) is 2.66. The second-order valence-electron chi connectivity index (χ2n) is 5.77. The Morgan fingerprint density at radius 3 is 2.91 bits per heavy atom. The molecule has 0 saturated carbocycles. The van der Waals surface area contributed by atoms with Gasteiger partial charge in [-0.1, -0.05) is 18.7 Å².